The highest BCUT2D eigenvalue weighted by atomic mass is 16.5. The van der Waals surface area contributed by atoms with Crippen molar-refractivity contribution in [2.75, 3.05) is 32.8 Å². The van der Waals surface area contributed by atoms with Gasteiger partial charge < -0.3 is 20.1 Å². The molecule has 2 amide bonds. The standard InChI is InChI=1S/C22H31N3O4/c1-4-28-17-8-6-16(7-9-17)20-19(21(26)29-5-2)18(23-22(27)24-20)14-25-12-10-15(3)11-13-25/h6-9,15,20H,4-5,10-14H2,1-3H3,(H2,23,24,27). The molecule has 7 nitrogen and oxygen atoms in total. The van der Waals surface area contributed by atoms with Crippen LogP contribution in [0.1, 0.15) is 45.2 Å². The van der Waals surface area contributed by atoms with Gasteiger partial charge in [0.25, 0.3) is 0 Å². The lowest BCUT2D eigenvalue weighted by molar-refractivity contribution is -0.139. The van der Waals surface area contributed by atoms with Gasteiger partial charge in [-0.2, -0.15) is 0 Å². The number of nitrogens with one attached hydrogen (secondary N) is 2. The molecule has 3 rings (SSSR count). The van der Waals surface area contributed by atoms with Crippen LogP contribution in [-0.2, 0) is 9.53 Å². The number of nitrogens with zero attached hydrogens (tertiary/aromatic N) is 1. The summed E-state index contributed by atoms with van der Waals surface area (Å²) >= 11 is 0. The molecule has 1 aromatic rings. The van der Waals surface area contributed by atoms with Gasteiger partial charge in [-0.3, -0.25) is 4.90 Å². The number of hydrogen-bond acceptors (Lipinski definition) is 5. The normalized spacial score (nSPS) is 20.8. The maximum absolute atomic E-state index is 12.8. The number of carbonyl (C=O) groups excluding carboxylic acids is 2. The number of piperidine rings is 1. The predicted octanol–water partition coefficient (Wildman–Crippen LogP) is 2.99. The Morgan fingerprint density at radius 1 is 1.14 bits per heavy atom. The van der Waals surface area contributed by atoms with Crippen molar-refractivity contribution in [2.24, 2.45) is 5.92 Å². The molecule has 158 valence electrons. The molecule has 1 saturated heterocycles. The smallest absolute Gasteiger partial charge is 0.338 e. The number of ether oxygens (including phenoxy) is 2. The fourth-order valence-electron chi connectivity index (χ4n) is 3.81. The summed E-state index contributed by atoms with van der Waals surface area (Å²) in [6.45, 7) is 9.27. The quantitative estimate of drug-likeness (QED) is 0.687. The molecule has 1 aromatic carbocycles. The molecule has 29 heavy (non-hydrogen) atoms. The van der Waals surface area contributed by atoms with E-state index in [4.69, 9.17) is 9.47 Å². The molecule has 0 saturated carbocycles. The monoisotopic (exact) mass is 401 g/mol. The molecule has 1 fully saturated rings. The maximum Gasteiger partial charge on any atom is 0.338 e. The number of benzene rings is 1. The van der Waals surface area contributed by atoms with Crippen LogP contribution < -0.4 is 15.4 Å². The van der Waals surface area contributed by atoms with Crippen molar-refractivity contribution in [3.8, 4) is 5.75 Å². The SMILES string of the molecule is CCOC(=O)C1=C(CN2CCC(C)CC2)NC(=O)NC1c1ccc(OCC)cc1. The Kier molecular flexibility index (Phi) is 7.14. The lowest BCUT2D eigenvalue weighted by atomic mass is 9.94. The molecule has 2 aliphatic heterocycles. The highest BCUT2D eigenvalue weighted by Gasteiger charge is 2.34. The van der Waals surface area contributed by atoms with Crippen LogP contribution in [0.15, 0.2) is 35.5 Å². The van der Waals surface area contributed by atoms with E-state index in [9.17, 15) is 9.59 Å². The molecule has 0 aromatic heterocycles. The topological polar surface area (TPSA) is 79.9 Å². The van der Waals surface area contributed by atoms with E-state index >= 15 is 0 Å². The van der Waals surface area contributed by atoms with Crippen LogP contribution in [0.25, 0.3) is 0 Å². The molecule has 7 heteroatoms. The Labute approximate surface area is 172 Å². The van der Waals surface area contributed by atoms with Crippen LogP contribution >= 0.6 is 0 Å². The summed E-state index contributed by atoms with van der Waals surface area (Å²) in [6.07, 6.45) is 2.24. The van der Waals surface area contributed by atoms with E-state index in [-0.39, 0.29) is 12.6 Å². The summed E-state index contributed by atoms with van der Waals surface area (Å²) in [6, 6.07) is 6.58. The van der Waals surface area contributed by atoms with E-state index in [0.717, 1.165) is 37.2 Å². The average molecular weight is 402 g/mol. The van der Waals surface area contributed by atoms with Crippen LogP contribution in [0.5, 0.6) is 5.75 Å². The summed E-state index contributed by atoms with van der Waals surface area (Å²) < 4.78 is 10.8. The summed E-state index contributed by atoms with van der Waals surface area (Å²) in [7, 11) is 0. The van der Waals surface area contributed by atoms with Crippen LogP contribution in [0.4, 0.5) is 4.79 Å². The van der Waals surface area contributed by atoms with Gasteiger partial charge in [0.2, 0.25) is 0 Å². The Morgan fingerprint density at radius 3 is 2.45 bits per heavy atom. The van der Waals surface area contributed by atoms with Gasteiger partial charge in [0.1, 0.15) is 5.75 Å². The van der Waals surface area contributed by atoms with Gasteiger partial charge in [0, 0.05) is 12.2 Å². The van der Waals surface area contributed by atoms with E-state index in [2.05, 4.69) is 22.5 Å². The third-order valence-corrected chi connectivity index (χ3v) is 5.43. The van der Waals surface area contributed by atoms with Crippen molar-refractivity contribution in [2.45, 2.75) is 39.7 Å². The zero-order valence-electron chi connectivity index (χ0n) is 17.5. The first-order chi connectivity index (χ1) is 14.0. The van der Waals surface area contributed by atoms with E-state index < -0.39 is 12.0 Å². The fourth-order valence-corrected chi connectivity index (χ4v) is 3.81. The minimum atomic E-state index is -0.558. The molecule has 0 aliphatic carbocycles. The highest BCUT2D eigenvalue weighted by molar-refractivity contribution is 5.95. The minimum absolute atomic E-state index is 0.279. The van der Waals surface area contributed by atoms with E-state index in [1.54, 1.807) is 6.92 Å². The van der Waals surface area contributed by atoms with Crippen molar-refractivity contribution in [1.82, 2.24) is 15.5 Å². The first kappa shape index (κ1) is 21.2. The van der Waals surface area contributed by atoms with Crippen LogP contribution in [0, 0.1) is 5.92 Å². The summed E-state index contributed by atoms with van der Waals surface area (Å²) in [5, 5.41) is 5.74. The summed E-state index contributed by atoms with van der Waals surface area (Å²) in [5.74, 6) is 1.06. The number of esters is 1. The van der Waals surface area contributed by atoms with Gasteiger partial charge in [0.15, 0.2) is 0 Å². The van der Waals surface area contributed by atoms with E-state index in [0.29, 0.717) is 30.3 Å². The third kappa shape index (κ3) is 5.29. The van der Waals surface area contributed by atoms with Gasteiger partial charge in [-0.1, -0.05) is 19.1 Å². The van der Waals surface area contributed by atoms with Crippen molar-refractivity contribution >= 4 is 12.0 Å². The fraction of sp³-hybridized carbons (Fsp3) is 0.545. The molecule has 2 N–H and O–H groups in total. The number of urea groups is 1. The molecular formula is C22H31N3O4. The van der Waals surface area contributed by atoms with Gasteiger partial charge in [-0.25, -0.2) is 9.59 Å². The minimum Gasteiger partial charge on any atom is -0.494 e. The molecule has 2 aliphatic rings. The zero-order chi connectivity index (χ0) is 20.8. The second kappa shape index (κ2) is 9.78. The van der Waals surface area contributed by atoms with Crippen molar-refractivity contribution < 1.29 is 19.1 Å². The highest BCUT2D eigenvalue weighted by Crippen LogP contribution is 2.30. The first-order valence-corrected chi connectivity index (χ1v) is 10.4. The molecule has 0 spiro atoms. The number of likely N-dealkylation sites (tertiary alicyclic amines) is 1. The lowest BCUT2D eigenvalue weighted by Gasteiger charge is -2.34. The maximum atomic E-state index is 12.8. The van der Waals surface area contributed by atoms with Crippen molar-refractivity contribution in [3.63, 3.8) is 0 Å². The summed E-state index contributed by atoms with van der Waals surface area (Å²) in [4.78, 5) is 27.5. The number of hydrogen-bond donors (Lipinski definition) is 2. The molecule has 1 atom stereocenters. The molecule has 0 bridgehead atoms. The molecule has 0 radical (unpaired) electrons. The van der Waals surface area contributed by atoms with Crippen molar-refractivity contribution in [3.05, 3.63) is 41.1 Å². The zero-order valence-corrected chi connectivity index (χ0v) is 17.5. The van der Waals surface area contributed by atoms with Gasteiger partial charge in [-0.05, 0) is 63.4 Å². The van der Waals surface area contributed by atoms with E-state index in [1.807, 2.05) is 31.2 Å². The third-order valence-electron chi connectivity index (χ3n) is 5.43. The number of carbonyl (C=O) groups is 2. The average Bonchev–Trinajstić information content (AvgIpc) is 2.70. The number of rotatable bonds is 7. The Balaban J connectivity index is 1.91. The number of amides is 2. The van der Waals surface area contributed by atoms with Gasteiger partial charge in [0.05, 0.1) is 24.8 Å². The molecule has 1 unspecified atom stereocenters. The second-order valence-electron chi connectivity index (χ2n) is 7.60. The summed E-state index contributed by atoms with van der Waals surface area (Å²) in [5.41, 5.74) is 1.91. The second-order valence-corrected chi connectivity index (χ2v) is 7.60. The van der Waals surface area contributed by atoms with Crippen LogP contribution in [0.2, 0.25) is 0 Å². The molecule has 2 heterocycles. The van der Waals surface area contributed by atoms with Crippen molar-refractivity contribution in [1.29, 1.82) is 0 Å². The predicted molar refractivity (Wildman–Crippen MR) is 111 cm³/mol. The molecular weight excluding hydrogens is 370 g/mol. The van der Waals surface area contributed by atoms with Crippen LogP contribution in [-0.4, -0.2) is 49.7 Å². The van der Waals surface area contributed by atoms with E-state index in [1.165, 1.54) is 0 Å². The Hall–Kier alpha value is -2.54. The van der Waals surface area contributed by atoms with Gasteiger partial charge >= 0.3 is 12.0 Å². The van der Waals surface area contributed by atoms with Crippen LogP contribution in [0.3, 0.4) is 0 Å². The Bertz CT molecular complexity index is 752. The Morgan fingerprint density at radius 2 is 1.83 bits per heavy atom. The lowest BCUT2D eigenvalue weighted by Crippen LogP contribution is -2.49. The largest absolute Gasteiger partial charge is 0.494 e. The van der Waals surface area contributed by atoms with Gasteiger partial charge in [-0.15, -0.1) is 0 Å². The first-order valence-electron chi connectivity index (χ1n) is 10.4.